The fourth-order valence-corrected chi connectivity index (χ4v) is 3.61. The summed E-state index contributed by atoms with van der Waals surface area (Å²) in [5.74, 6) is 4.52. The second-order valence-electron chi connectivity index (χ2n) is 9.04. The Labute approximate surface area is 221 Å². The highest BCUT2D eigenvalue weighted by Gasteiger charge is 2.05. The molecule has 12 nitrogen and oxygen atoms in total. The van der Waals surface area contributed by atoms with Gasteiger partial charge in [-0.1, -0.05) is 70.6 Å². The zero-order valence-electron chi connectivity index (χ0n) is 22.4. The normalized spacial score (nSPS) is 11.3. The van der Waals surface area contributed by atoms with E-state index in [4.69, 9.17) is 26.3 Å². The number of hydrogen-bond acceptors (Lipinski definition) is 8. The Kier molecular flexibility index (Phi) is 24.9. The number of carbonyl (C=O) groups excluding carboxylic acids is 3. The van der Waals surface area contributed by atoms with Gasteiger partial charge in [0.2, 0.25) is 11.8 Å². The van der Waals surface area contributed by atoms with Crippen LogP contribution in [-0.2, 0) is 23.9 Å². The molecule has 0 spiro atoms. The molecule has 0 aliphatic heterocycles. The van der Waals surface area contributed by atoms with E-state index in [-0.39, 0.29) is 25.7 Å². The van der Waals surface area contributed by atoms with Crippen molar-refractivity contribution in [3.05, 3.63) is 0 Å². The van der Waals surface area contributed by atoms with Gasteiger partial charge in [-0.25, -0.2) is 5.48 Å². The summed E-state index contributed by atoms with van der Waals surface area (Å²) >= 11 is 0. The van der Waals surface area contributed by atoms with Crippen LogP contribution >= 0.6 is 0 Å². The first-order chi connectivity index (χ1) is 18.0. The molecule has 0 aliphatic carbocycles. The van der Waals surface area contributed by atoms with Gasteiger partial charge in [0.1, 0.15) is 12.4 Å². The number of nitrogens with one attached hydrogen (secondary N) is 3. The van der Waals surface area contributed by atoms with Gasteiger partial charge in [0.15, 0.2) is 0 Å². The molecule has 0 fully saturated rings. The average molecular weight is 531 g/mol. The molecule has 0 heterocycles. The van der Waals surface area contributed by atoms with E-state index in [0.29, 0.717) is 32.0 Å². The molecule has 216 valence electrons. The number of amidine groups is 1. The largest absolute Gasteiger partial charge is 0.386 e. The topological polar surface area (TPSA) is 190 Å². The predicted molar refractivity (Wildman–Crippen MR) is 143 cm³/mol. The zero-order valence-corrected chi connectivity index (χ0v) is 22.4. The summed E-state index contributed by atoms with van der Waals surface area (Å²) in [6.07, 6.45) is 17.1. The Morgan fingerprint density at radius 1 is 0.649 bits per heavy atom. The predicted octanol–water partition coefficient (Wildman–Crippen LogP) is 1.84. The van der Waals surface area contributed by atoms with Gasteiger partial charge in [-0.2, -0.15) is 5.10 Å². The van der Waals surface area contributed by atoms with E-state index in [1.165, 1.54) is 69.7 Å². The molecule has 37 heavy (non-hydrogen) atoms. The number of carbonyl (C=O) groups is 3. The van der Waals surface area contributed by atoms with Crippen LogP contribution in [0.3, 0.4) is 0 Å². The summed E-state index contributed by atoms with van der Waals surface area (Å²) in [6.45, 7) is 0.798. The van der Waals surface area contributed by atoms with Crippen molar-refractivity contribution in [3.8, 4) is 0 Å². The highest BCUT2D eigenvalue weighted by molar-refractivity contribution is 5.84. The van der Waals surface area contributed by atoms with Crippen LogP contribution in [0, 0.1) is 0 Å². The van der Waals surface area contributed by atoms with Crippen molar-refractivity contribution in [3.63, 3.8) is 0 Å². The Balaban J connectivity index is 3.27. The number of nitrogens with zero attached hydrogens (tertiary/aromatic N) is 1. The highest BCUT2D eigenvalue weighted by atomic mass is 16.5. The Hall–Kier alpha value is -2.44. The van der Waals surface area contributed by atoms with Crippen molar-refractivity contribution in [2.75, 3.05) is 39.5 Å². The lowest BCUT2D eigenvalue weighted by Crippen LogP contribution is -2.37. The number of unbranched alkanes of at least 4 members (excludes halogenated alkanes) is 12. The van der Waals surface area contributed by atoms with E-state index in [1.807, 2.05) is 0 Å². The van der Waals surface area contributed by atoms with E-state index in [1.54, 1.807) is 0 Å². The van der Waals surface area contributed by atoms with Gasteiger partial charge in [-0.05, 0) is 12.8 Å². The maximum Gasteiger partial charge on any atom is 0.262 e. The SMILES string of the molecule is N/N=C(\N)CCCCCCCCCCCCCCCC(=O)NCCOCCOCC(=O)NCC(=O)NO. The molecule has 0 saturated carbocycles. The van der Waals surface area contributed by atoms with Crippen LogP contribution in [0.1, 0.15) is 96.3 Å². The minimum Gasteiger partial charge on any atom is -0.386 e. The fourth-order valence-electron chi connectivity index (χ4n) is 3.61. The van der Waals surface area contributed by atoms with E-state index in [9.17, 15) is 14.4 Å². The third kappa shape index (κ3) is 26.4. The third-order valence-electron chi connectivity index (χ3n) is 5.75. The van der Waals surface area contributed by atoms with Gasteiger partial charge < -0.3 is 31.7 Å². The van der Waals surface area contributed by atoms with Crippen LogP contribution in [0.15, 0.2) is 5.10 Å². The lowest BCUT2D eigenvalue weighted by atomic mass is 10.0. The number of amides is 3. The Morgan fingerprint density at radius 3 is 1.70 bits per heavy atom. The number of nitrogens with two attached hydrogens (primary N) is 2. The van der Waals surface area contributed by atoms with Crippen molar-refractivity contribution < 1.29 is 29.1 Å². The second kappa shape index (κ2) is 26.6. The maximum atomic E-state index is 11.9. The molecular weight excluding hydrogens is 480 g/mol. The first-order valence-electron chi connectivity index (χ1n) is 13.6. The summed E-state index contributed by atoms with van der Waals surface area (Å²) in [6, 6.07) is 0. The van der Waals surface area contributed by atoms with Gasteiger partial charge in [0, 0.05) is 19.4 Å². The molecule has 8 N–H and O–H groups in total. The molecule has 0 radical (unpaired) electrons. The molecule has 0 atom stereocenters. The molecule has 0 bridgehead atoms. The Morgan fingerprint density at radius 2 is 1.16 bits per heavy atom. The van der Waals surface area contributed by atoms with E-state index in [2.05, 4.69) is 15.7 Å². The van der Waals surface area contributed by atoms with Gasteiger partial charge >= 0.3 is 0 Å². The molecular formula is C25H50N6O6. The van der Waals surface area contributed by atoms with Crippen LogP contribution in [0.2, 0.25) is 0 Å². The summed E-state index contributed by atoms with van der Waals surface area (Å²) in [5.41, 5.74) is 6.98. The van der Waals surface area contributed by atoms with E-state index >= 15 is 0 Å². The number of hydroxylamine groups is 1. The number of ether oxygens (including phenoxy) is 2. The Bertz CT molecular complexity index is 620. The summed E-state index contributed by atoms with van der Waals surface area (Å²) < 4.78 is 10.4. The number of hydrazone groups is 1. The maximum absolute atomic E-state index is 11.9. The number of rotatable bonds is 26. The van der Waals surface area contributed by atoms with Crippen LogP contribution in [0.25, 0.3) is 0 Å². The standard InChI is InChI=1S/C25H50N6O6/c26-22(30-27)14-12-10-8-6-4-2-1-3-5-7-9-11-13-15-23(32)28-16-17-36-18-19-37-21-25(34)29-20-24(33)31-35/h35H,1-21,27H2,(H2,26,30)(H,28,32)(H,29,34)(H,31,33). The average Bonchev–Trinajstić information content (AvgIpc) is 2.90. The van der Waals surface area contributed by atoms with Gasteiger partial charge in [-0.15, -0.1) is 0 Å². The van der Waals surface area contributed by atoms with E-state index in [0.717, 1.165) is 25.7 Å². The first kappa shape index (κ1) is 34.6. The molecule has 3 amide bonds. The minimum atomic E-state index is -0.712. The summed E-state index contributed by atoms with van der Waals surface area (Å²) in [7, 11) is 0. The van der Waals surface area contributed by atoms with Crippen molar-refractivity contribution >= 4 is 23.6 Å². The highest BCUT2D eigenvalue weighted by Crippen LogP contribution is 2.13. The molecule has 0 aromatic heterocycles. The molecule has 0 aromatic rings. The van der Waals surface area contributed by atoms with Gasteiger partial charge in [0.25, 0.3) is 5.91 Å². The van der Waals surface area contributed by atoms with Gasteiger partial charge in [0.05, 0.1) is 26.4 Å². The molecule has 0 aliphatic rings. The third-order valence-corrected chi connectivity index (χ3v) is 5.75. The lowest BCUT2D eigenvalue weighted by molar-refractivity contribution is -0.132. The molecule has 0 aromatic carbocycles. The van der Waals surface area contributed by atoms with Crippen molar-refractivity contribution in [1.29, 1.82) is 0 Å². The smallest absolute Gasteiger partial charge is 0.262 e. The van der Waals surface area contributed by atoms with Crippen molar-refractivity contribution in [2.24, 2.45) is 16.7 Å². The molecule has 0 rings (SSSR count). The zero-order chi connectivity index (χ0) is 27.4. The summed E-state index contributed by atoms with van der Waals surface area (Å²) in [5, 5.41) is 16.9. The minimum absolute atomic E-state index is 0.0411. The van der Waals surface area contributed by atoms with Crippen LogP contribution in [0.4, 0.5) is 0 Å². The molecule has 0 unspecified atom stereocenters. The monoisotopic (exact) mass is 530 g/mol. The quantitative estimate of drug-likeness (QED) is 0.0244. The lowest BCUT2D eigenvalue weighted by Gasteiger charge is -2.08. The number of hydrogen-bond donors (Lipinski definition) is 6. The first-order valence-corrected chi connectivity index (χ1v) is 13.6. The van der Waals surface area contributed by atoms with Gasteiger partial charge in [-0.3, -0.25) is 19.6 Å². The van der Waals surface area contributed by atoms with Crippen LogP contribution < -0.4 is 27.7 Å². The van der Waals surface area contributed by atoms with E-state index < -0.39 is 11.8 Å². The van der Waals surface area contributed by atoms with Crippen LogP contribution in [-0.4, -0.2) is 68.3 Å². The van der Waals surface area contributed by atoms with Crippen molar-refractivity contribution in [1.82, 2.24) is 16.1 Å². The second-order valence-corrected chi connectivity index (χ2v) is 9.04. The van der Waals surface area contributed by atoms with Crippen molar-refractivity contribution in [2.45, 2.75) is 96.3 Å². The van der Waals surface area contributed by atoms with Crippen LogP contribution in [0.5, 0.6) is 0 Å². The molecule has 12 heteroatoms. The fraction of sp³-hybridized carbons (Fsp3) is 0.840. The summed E-state index contributed by atoms with van der Waals surface area (Å²) in [4.78, 5) is 34.0. The molecule has 0 saturated heterocycles.